The Kier molecular flexibility index (Phi) is 7.30. The number of hydrogen-bond donors (Lipinski definition) is 1. The van der Waals surface area contributed by atoms with Crippen LogP contribution >= 0.6 is 11.6 Å². The van der Waals surface area contributed by atoms with Crippen LogP contribution in [0.3, 0.4) is 0 Å². The second-order valence-electron chi connectivity index (χ2n) is 8.13. The lowest BCUT2D eigenvalue weighted by Gasteiger charge is -2.10. The number of hydrogen-bond acceptors (Lipinski definition) is 5. The van der Waals surface area contributed by atoms with Crippen LogP contribution in [0.4, 0.5) is 15.8 Å². The number of carbonyl (C=O) groups excluding carboxylic acids is 1. The summed E-state index contributed by atoms with van der Waals surface area (Å²) < 4.78 is 20.8. The molecule has 1 aromatic heterocycles. The number of anilines is 1. The molecule has 0 atom stereocenters. The summed E-state index contributed by atoms with van der Waals surface area (Å²) in [6, 6.07) is 17.0. The van der Waals surface area contributed by atoms with E-state index < -0.39 is 10.7 Å². The van der Waals surface area contributed by atoms with Crippen molar-refractivity contribution in [1.82, 2.24) is 9.78 Å². The molecule has 36 heavy (non-hydrogen) atoms. The average Bonchev–Trinajstić information content (AvgIpc) is 3.12. The molecule has 0 aliphatic heterocycles. The molecule has 8 nitrogen and oxygen atoms in total. The molecule has 4 aromatic rings. The number of carbonyl (C=O) groups is 1. The second kappa shape index (κ2) is 10.6. The number of benzene rings is 3. The van der Waals surface area contributed by atoms with Gasteiger partial charge in [-0.05, 0) is 61.4 Å². The Hall–Kier alpha value is -4.24. The van der Waals surface area contributed by atoms with Gasteiger partial charge in [0.25, 0.3) is 11.6 Å². The highest BCUT2D eigenvalue weighted by Gasteiger charge is 2.17. The lowest BCUT2D eigenvalue weighted by molar-refractivity contribution is -0.384. The van der Waals surface area contributed by atoms with Gasteiger partial charge in [0, 0.05) is 22.7 Å². The van der Waals surface area contributed by atoms with Crippen LogP contribution in [0.15, 0.2) is 66.7 Å². The molecule has 0 fully saturated rings. The Balaban J connectivity index is 1.44. The number of amides is 1. The minimum atomic E-state index is -0.475. The van der Waals surface area contributed by atoms with E-state index in [4.69, 9.17) is 16.3 Å². The molecule has 3 aromatic carbocycles. The van der Waals surface area contributed by atoms with Gasteiger partial charge in [-0.3, -0.25) is 19.6 Å². The summed E-state index contributed by atoms with van der Waals surface area (Å²) >= 11 is 6.15. The summed E-state index contributed by atoms with van der Waals surface area (Å²) in [5.41, 5.74) is 3.85. The minimum Gasteiger partial charge on any atom is -0.489 e. The lowest BCUT2D eigenvalue weighted by atomic mass is 10.1. The van der Waals surface area contributed by atoms with E-state index >= 15 is 0 Å². The van der Waals surface area contributed by atoms with Gasteiger partial charge in [0.1, 0.15) is 18.2 Å². The molecule has 1 heterocycles. The molecule has 0 aliphatic rings. The van der Waals surface area contributed by atoms with E-state index in [-0.39, 0.29) is 18.2 Å². The van der Waals surface area contributed by atoms with E-state index in [1.54, 1.807) is 35.9 Å². The first-order chi connectivity index (χ1) is 17.2. The summed E-state index contributed by atoms with van der Waals surface area (Å²) in [6.07, 6.45) is 0. The maximum Gasteiger partial charge on any atom is 0.269 e. The second-order valence-corrected chi connectivity index (χ2v) is 8.54. The predicted molar refractivity (Wildman–Crippen MR) is 134 cm³/mol. The summed E-state index contributed by atoms with van der Waals surface area (Å²) in [6.45, 7) is 4.14. The Labute approximate surface area is 211 Å². The number of halogens is 2. The van der Waals surface area contributed by atoms with Gasteiger partial charge in [-0.1, -0.05) is 29.8 Å². The van der Waals surface area contributed by atoms with Crippen LogP contribution in [-0.4, -0.2) is 20.6 Å². The van der Waals surface area contributed by atoms with Gasteiger partial charge in [-0.15, -0.1) is 0 Å². The van der Waals surface area contributed by atoms with Gasteiger partial charge in [-0.25, -0.2) is 4.39 Å². The number of nitro groups is 1. The van der Waals surface area contributed by atoms with Crippen molar-refractivity contribution in [2.24, 2.45) is 0 Å². The monoisotopic (exact) mass is 508 g/mol. The molecule has 184 valence electrons. The zero-order chi connectivity index (χ0) is 25.8. The SMILES string of the molecule is Cc1nn(Cc2ccc(F)cc2Cl)c(C)c1NC(=O)c1cccc(COc2ccc([N+](=O)[O-])cc2)c1. The van der Waals surface area contributed by atoms with Gasteiger partial charge >= 0.3 is 0 Å². The minimum absolute atomic E-state index is 0.0179. The lowest BCUT2D eigenvalue weighted by Crippen LogP contribution is -2.14. The van der Waals surface area contributed by atoms with Crippen molar-refractivity contribution in [3.63, 3.8) is 0 Å². The maximum atomic E-state index is 13.4. The summed E-state index contributed by atoms with van der Waals surface area (Å²) in [4.78, 5) is 23.3. The number of nitrogens with zero attached hydrogens (tertiary/aromatic N) is 3. The fraction of sp³-hybridized carbons (Fsp3) is 0.154. The topological polar surface area (TPSA) is 99.3 Å². The van der Waals surface area contributed by atoms with Crippen LogP contribution in [0.5, 0.6) is 5.75 Å². The molecular formula is C26H22ClFN4O4. The molecule has 0 unspecified atom stereocenters. The van der Waals surface area contributed by atoms with E-state index in [1.165, 1.54) is 36.4 Å². The van der Waals surface area contributed by atoms with Crippen LogP contribution in [0, 0.1) is 29.8 Å². The normalized spacial score (nSPS) is 10.8. The quantitative estimate of drug-likeness (QED) is 0.230. The smallest absolute Gasteiger partial charge is 0.269 e. The fourth-order valence-electron chi connectivity index (χ4n) is 3.66. The molecule has 0 spiro atoms. The van der Waals surface area contributed by atoms with Gasteiger partial charge < -0.3 is 10.1 Å². The summed E-state index contributed by atoms with van der Waals surface area (Å²) in [7, 11) is 0. The molecule has 0 bridgehead atoms. The zero-order valence-electron chi connectivity index (χ0n) is 19.5. The molecule has 0 radical (unpaired) electrons. The first-order valence-electron chi connectivity index (χ1n) is 11.0. The number of nitro benzene ring substituents is 1. The van der Waals surface area contributed by atoms with E-state index in [9.17, 15) is 19.3 Å². The number of rotatable bonds is 8. The van der Waals surface area contributed by atoms with Crippen molar-refractivity contribution in [2.45, 2.75) is 27.0 Å². The highest BCUT2D eigenvalue weighted by atomic mass is 35.5. The highest BCUT2D eigenvalue weighted by molar-refractivity contribution is 6.31. The van der Waals surface area contributed by atoms with Gasteiger partial charge in [0.15, 0.2) is 0 Å². The summed E-state index contributed by atoms with van der Waals surface area (Å²) in [5, 5.41) is 18.5. The van der Waals surface area contributed by atoms with Gasteiger partial charge in [0.2, 0.25) is 0 Å². The van der Waals surface area contributed by atoms with Crippen LogP contribution in [0.2, 0.25) is 5.02 Å². The number of non-ortho nitro benzene ring substituents is 1. The molecule has 0 saturated carbocycles. The zero-order valence-corrected chi connectivity index (χ0v) is 20.3. The van der Waals surface area contributed by atoms with Crippen molar-refractivity contribution in [3.8, 4) is 5.75 Å². The number of aryl methyl sites for hydroxylation is 1. The summed E-state index contributed by atoms with van der Waals surface area (Å²) in [5.74, 6) is -0.237. The largest absolute Gasteiger partial charge is 0.489 e. The van der Waals surface area contributed by atoms with Crippen LogP contribution in [0.1, 0.15) is 32.9 Å². The first kappa shape index (κ1) is 24.9. The third-order valence-corrected chi connectivity index (χ3v) is 5.95. The van der Waals surface area contributed by atoms with Crippen molar-refractivity contribution < 1.29 is 18.8 Å². The van der Waals surface area contributed by atoms with E-state index in [0.29, 0.717) is 39.8 Å². The maximum absolute atomic E-state index is 13.4. The van der Waals surface area contributed by atoms with Gasteiger partial charge in [-0.2, -0.15) is 5.10 Å². The molecule has 4 rings (SSSR count). The highest BCUT2D eigenvalue weighted by Crippen LogP contribution is 2.24. The third kappa shape index (κ3) is 5.69. The third-order valence-electron chi connectivity index (χ3n) is 5.60. The Morgan fingerprint density at radius 1 is 1.14 bits per heavy atom. The molecular weight excluding hydrogens is 487 g/mol. The van der Waals surface area contributed by atoms with Crippen LogP contribution in [-0.2, 0) is 13.2 Å². The van der Waals surface area contributed by atoms with Crippen molar-refractivity contribution in [3.05, 3.63) is 116 Å². The van der Waals surface area contributed by atoms with E-state index in [2.05, 4.69) is 10.4 Å². The molecule has 0 aliphatic carbocycles. The van der Waals surface area contributed by atoms with E-state index in [0.717, 1.165) is 11.3 Å². The Morgan fingerprint density at radius 3 is 2.58 bits per heavy atom. The Morgan fingerprint density at radius 2 is 1.89 bits per heavy atom. The molecule has 1 N–H and O–H groups in total. The standard InChI is InChI=1S/C26H22ClFN4O4/c1-16-25(17(2)31(30-16)14-20-6-7-21(28)13-24(20)27)29-26(33)19-5-3-4-18(12-19)15-36-23-10-8-22(9-11-23)32(34)35/h3-13H,14-15H2,1-2H3,(H,29,33). The number of aromatic nitrogens is 2. The number of nitrogens with one attached hydrogen (secondary N) is 1. The fourth-order valence-corrected chi connectivity index (χ4v) is 3.89. The van der Waals surface area contributed by atoms with Gasteiger partial charge in [0.05, 0.1) is 28.5 Å². The van der Waals surface area contributed by atoms with Crippen molar-refractivity contribution in [1.29, 1.82) is 0 Å². The first-order valence-corrected chi connectivity index (χ1v) is 11.3. The number of ether oxygens (including phenoxy) is 1. The molecule has 0 saturated heterocycles. The molecule has 1 amide bonds. The predicted octanol–water partition coefficient (Wildman–Crippen LogP) is 6.08. The van der Waals surface area contributed by atoms with Crippen LogP contribution < -0.4 is 10.1 Å². The van der Waals surface area contributed by atoms with Crippen molar-refractivity contribution >= 4 is 28.9 Å². The van der Waals surface area contributed by atoms with Crippen molar-refractivity contribution in [2.75, 3.05) is 5.32 Å². The Bertz CT molecular complexity index is 1440. The molecule has 10 heteroatoms. The van der Waals surface area contributed by atoms with E-state index in [1.807, 2.05) is 13.0 Å². The van der Waals surface area contributed by atoms with Crippen LogP contribution in [0.25, 0.3) is 0 Å². The average molecular weight is 509 g/mol.